The van der Waals surface area contributed by atoms with Crippen molar-refractivity contribution in [3.05, 3.63) is 51.7 Å². The summed E-state index contributed by atoms with van der Waals surface area (Å²) in [5.74, 6) is 0. The van der Waals surface area contributed by atoms with Crippen molar-refractivity contribution in [1.82, 2.24) is 0 Å². The molecule has 2 nitrogen and oxygen atoms in total. The molecule has 0 radical (unpaired) electrons. The quantitative estimate of drug-likeness (QED) is 0.738. The van der Waals surface area contributed by atoms with Gasteiger partial charge in [-0.25, -0.2) is 0 Å². The van der Waals surface area contributed by atoms with Crippen molar-refractivity contribution in [1.29, 1.82) is 0 Å². The van der Waals surface area contributed by atoms with Gasteiger partial charge in [-0.15, -0.1) is 11.3 Å². The Hall–Kier alpha value is -1.61. The van der Waals surface area contributed by atoms with Crippen molar-refractivity contribution in [3.63, 3.8) is 0 Å². The fraction of sp³-hybridized carbons (Fsp3) is 0.154. The second-order valence-corrected chi connectivity index (χ2v) is 4.89. The number of anilines is 1. The van der Waals surface area contributed by atoms with Crippen LogP contribution in [0, 0.1) is 0 Å². The molecule has 0 fully saturated rings. The summed E-state index contributed by atoms with van der Waals surface area (Å²) in [6, 6.07) is 10.5. The maximum atomic E-state index is 10.6. The van der Waals surface area contributed by atoms with Crippen LogP contribution in [0.2, 0.25) is 0 Å². The number of thiophene rings is 1. The second kappa shape index (κ2) is 3.76. The van der Waals surface area contributed by atoms with E-state index in [-0.39, 0.29) is 0 Å². The molecular weight excluding hydrogens is 218 g/mol. The zero-order valence-corrected chi connectivity index (χ0v) is 9.54. The lowest BCUT2D eigenvalue weighted by Gasteiger charge is -2.14. The Balaban J connectivity index is 1.88. The molecule has 1 aliphatic heterocycles. The van der Waals surface area contributed by atoms with Crippen LogP contribution >= 0.6 is 11.3 Å². The smallest absolute Gasteiger partial charge is 0.160 e. The van der Waals surface area contributed by atoms with Crippen LogP contribution in [0.25, 0.3) is 0 Å². The zero-order valence-electron chi connectivity index (χ0n) is 8.72. The van der Waals surface area contributed by atoms with Crippen LogP contribution in [-0.2, 0) is 13.1 Å². The largest absolute Gasteiger partial charge is 0.362 e. The molecule has 0 aliphatic carbocycles. The van der Waals surface area contributed by atoms with Crippen molar-refractivity contribution in [2.24, 2.45) is 0 Å². The van der Waals surface area contributed by atoms with E-state index in [4.69, 9.17) is 0 Å². The zero-order chi connectivity index (χ0) is 11.0. The van der Waals surface area contributed by atoms with Crippen molar-refractivity contribution in [2.45, 2.75) is 13.1 Å². The van der Waals surface area contributed by atoms with E-state index in [2.05, 4.69) is 34.5 Å². The predicted octanol–water partition coefficient (Wildman–Crippen LogP) is 3.08. The molecule has 0 saturated heterocycles. The molecule has 0 unspecified atom stereocenters. The van der Waals surface area contributed by atoms with Gasteiger partial charge in [-0.05, 0) is 17.2 Å². The fourth-order valence-electron chi connectivity index (χ4n) is 2.09. The average Bonchev–Trinajstić information content (AvgIpc) is 2.95. The number of hydrogen-bond donors (Lipinski definition) is 0. The fourth-order valence-corrected chi connectivity index (χ4v) is 2.80. The van der Waals surface area contributed by atoms with Crippen LogP contribution in [0.4, 0.5) is 5.69 Å². The van der Waals surface area contributed by atoms with Gasteiger partial charge in [0.15, 0.2) is 6.29 Å². The number of aldehydes is 1. The number of carbonyl (C=O) groups excluding carboxylic acids is 1. The number of rotatable bonds is 2. The van der Waals surface area contributed by atoms with E-state index in [1.165, 1.54) is 22.5 Å². The minimum Gasteiger partial charge on any atom is -0.362 e. The van der Waals surface area contributed by atoms with E-state index in [0.717, 1.165) is 29.9 Å². The summed E-state index contributed by atoms with van der Waals surface area (Å²) in [7, 11) is 0. The molecule has 0 atom stereocenters. The Morgan fingerprint density at radius 2 is 1.88 bits per heavy atom. The third-order valence-corrected chi connectivity index (χ3v) is 3.77. The average molecular weight is 229 g/mol. The van der Waals surface area contributed by atoms with Gasteiger partial charge in [0, 0.05) is 24.2 Å². The first-order valence-electron chi connectivity index (χ1n) is 5.22. The highest BCUT2D eigenvalue weighted by molar-refractivity contribution is 7.12. The molecule has 0 spiro atoms. The van der Waals surface area contributed by atoms with E-state index >= 15 is 0 Å². The van der Waals surface area contributed by atoms with Crippen LogP contribution in [0.3, 0.4) is 0 Å². The molecule has 0 bridgehead atoms. The van der Waals surface area contributed by atoms with E-state index < -0.39 is 0 Å². The van der Waals surface area contributed by atoms with Gasteiger partial charge in [-0.1, -0.05) is 24.3 Å². The molecule has 2 heterocycles. The standard InChI is InChI=1S/C13H11NOS/c15-8-13-5-12(9-16-13)14-6-10-3-1-2-4-11(10)7-14/h1-5,8-9H,6-7H2. The van der Waals surface area contributed by atoms with Crippen molar-refractivity contribution in [2.75, 3.05) is 4.90 Å². The van der Waals surface area contributed by atoms with Crippen molar-refractivity contribution < 1.29 is 4.79 Å². The molecule has 0 saturated carbocycles. The highest BCUT2D eigenvalue weighted by atomic mass is 32.1. The Labute approximate surface area is 98.1 Å². The molecule has 80 valence electrons. The topological polar surface area (TPSA) is 20.3 Å². The summed E-state index contributed by atoms with van der Waals surface area (Å²) in [4.78, 5) is 13.7. The third-order valence-electron chi connectivity index (χ3n) is 2.93. The number of nitrogens with zero attached hydrogens (tertiary/aromatic N) is 1. The molecule has 1 aromatic heterocycles. The van der Waals surface area contributed by atoms with Crippen molar-refractivity contribution in [3.8, 4) is 0 Å². The van der Waals surface area contributed by atoms with Gasteiger partial charge in [0.2, 0.25) is 0 Å². The minimum absolute atomic E-state index is 0.797. The SMILES string of the molecule is O=Cc1cc(N2Cc3ccccc3C2)cs1. The minimum atomic E-state index is 0.797. The summed E-state index contributed by atoms with van der Waals surface area (Å²) in [5, 5.41) is 2.05. The van der Waals surface area contributed by atoms with E-state index in [9.17, 15) is 4.79 Å². The lowest BCUT2D eigenvalue weighted by molar-refractivity contribution is 0.112. The molecule has 3 rings (SSSR count). The second-order valence-electron chi connectivity index (χ2n) is 3.95. The highest BCUT2D eigenvalue weighted by Gasteiger charge is 2.19. The first kappa shape index (κ1) is 9.60. The Kier molecular flexibility index (Phi) is 2.26. The summed E-state index contributed by atoms with van der Waals surface area (Å²) in [6.45, 7) is 1.90. The molecule has 3 heteroatoms. The Morgan fingerprint density at radius 1 is 1.19 bits per heavy atom. The summed E-state index contributed by atoms with van der Waals surface area (Å²) in [6.07, 6.45) is 0.914. The number of hydrogen-bond acceptors (Lipinski definition) is 3. The summed E-state index contributed by atoms with van der Waals surface area (Å²) < 4.78 is 0. The van der Waals surface area contributed by atoms with Crippen LogP contribution in [-0.4, -0.2) is 6.29 Å². The molecule has 2 aromatic rings. The Morgan fingerprint density at radius 3 is 2.44 bits per heavy atom. The van der Waals surface area contributed by atoms with Gasteiger partial charge in [0.05, 0.1) is 4.88 Å². The number of fused-ring (bicyclic) bond motifs is 1. The molecule has 0 N–H and O–H groups in total. The molecule has 0 amide bonds. The molecule has 1 aliphatic rings. The van der Waals surface area contributed by atoms with Crippen molar-refractivity contribution >= 4 is 23.3 Å². The van der Waals surface area contributed by atoms with Gasteiger partial charge in [-0.3, -0.25) is 4.79 Å². The molecular formula is C13H11NOS. The van der Waals surface area contributed by atoms with Crippen LogP contribution in [0.15, 0.2) is 35.7 Å². The summed E-state index contributed by atoms with van der Waals surface area (Å²) >= 11 is 1.51. The van der Waals surface area contributed by atoms with Gasteiger partial charge in [0.1, 0.15) is 0 Å². The molecule has 16 heavy (non-hydrogen) atoms. The van der Waals surface area contributed by atoms with Crippen LogP contribution in [0.5, 0.6) is 0 Å². The van der Waals surface area contributed by atoms with Gasteiger partial charge in [0.25, 0.3) is 0 Å². The van der Waals surface area contributed by atoms with Gasteiger partial charge >= 0.3 is 0 Å². The lowest BCUT2D eigenvalue weighted by Crippen LogP contribution is -2.13. The van der Waals surface area contributed by atoms with Gasteiger partial charge in [-0.2, -0.15) is 0 Å². The third kappa shape index (κ3) is 1.53. The number of benzene rings is 1. The van der Waals surface area contributed by atoms with E-state index in [0.29, 0.717) is 0 Å². The summed E-state index contributed by atoms with van der Waals surface area (Å²) in [5.41, 5.74) is 3.94. The molecule has 1 aromatic carbocycles. The normalized spacial score (nSPS) is 13.9. The first-order valence-corrected chi connectivity index (χ1v) is 6.10. The highest BCUT2D eigenvalue weighted by Crippen LogP contribution is 2.30. The maximum Gasteiger partial charge on any atom is 0.160 e. The monoisotopic (exact) mass is 229 g/mol. The first-order chi connectivity index (χ1) is 7.86. The van der Waals surface area contributed by atoms with E-state index in [1.54, 1.807) is 0 Å². The van der Waals surface area contributed by atoms with Crippen LogP contribution < -0.4 is 4.90 Å². The Bertz CT molecular complexity index is 507. The predicted molar refractivity (Wildman–Crippen MR) is 66.0 cm³/mol. The van der Waals surface area contributed by atoms with Gasteiger partial charge < -0.3 is 4.90 Å². The number of carbonyl (C=O) groups is 1. The lowest BCUT2D eigenvalue weighted by atomic mass is 10.1. The maximum absolute atomic E-state index is 10.6. The van der Waals surface area contributed by atoms with E-state index in [1.807, 2.05) is 6.07 Å². The van der Waals surface area contributed by atoms with Crippen LogP contribution in [0.1, 0.15) is 20.8 Å².